The van der Waals surface area contributed by atoms with Crippen LogP contribution in [0.3, 0.4) is 0 Å². The molecule has 0 radical (unpaired) electrons. The van der Waals surface area contributed by atoms with Crippen molar-refractivity contribution in [2.45, 2.75) is 29.1 Å². The molecule has 0 unspecified atom stereocenters. The van der Waals surface area contributed by atoms with Gasteiger partial charge in [0, 0.05) is 45.3 Å². The molecule has 170 valence electrons. The Bertz CT molecular complexity index is 1110. The number of nitro groups is 1. The van der Waals surface area contributed by atoms with E-state index in [4.69, 9.17) is 0 Å². The second-order valence-electron chi connectivity index (χ2n) is 8.00. The van der Waals surface area contributed by atoms with E-state index in [9.17, 15) is 23.3 Å². The third-order valence-corrected chi connectivity index (χ3v) is 7.75. The minimum atomic E-state index is -4.00. The number of nitro benzene ring substituents is 1. The first-order valence-electron chi connectivity index (χ1n) is 10.8. The van der Waals surface area contributed by atoms with Crippen LogP contribution in [-0.2, 0) is 9.84 Å². The monoisotopic (exact) mass is 458 g/mol. The molecule has 0 atom stereocenters. The number of piperazine rings is 1. The first-order valence-corrected chi connectivity index (χ1v) is 12.3. The number of carbonyl (C=O) groups excluding carboxylic acids is 1. The Morgan fingerprint density at radius 3 is 2.25 bits per heavy atom. The summed E-state index contributed by atoms with van der Waals surface area (Å²) in [6, 6.07) is 10.5. The van der Waals surface area contributed by atoms with Crippen molar-refractivity contribution in [1.82, 2.24) is 10.2 Å². The highest BCUT2D eigenvalue weighted by Crippen LogP contribution is 2.37. The normalized spacial score (nSPS) is 17.2. The Morgan fingerprint density at radius 2 is 1.62 bits per heavy atom. The molecule has 2 aliphatic rings. The molecule has 10 heteroatoms. The van der Waals surface area contributed by atoms with Gasteiger partial charge in [-0.05, 0) is 37.5 Å². The Labute approximate surface area is 187 Å². The molecule has 1 N–H and O–H groups in total. The molecule has 2 aromatic carbocycles. The van der Waals surface area contributed by atoms with Gasteiger partial charge >= 0.3 is 0 Å². The molecule has 2 aromatic rings. The largest absolute Gasteiger partial charge is 0.370 e. The van der Waals surface area contributed by atoms with Crippen LogP contribution in [0.15, 0.2) is 52.3 Å². The highest BCUT2D eigenvalue weighted by molar-refractivity contribution is 7.91. The van der Waals surface area contributed by atoms with Crippen molar-refractivity contribution in [2.24, 2.45) is 0 Å². The number of hydrogen-bond donors (Lipinski definition) is 1. The van der Waals surface area contributed by atoms with Gasteiger partial charge in [-0.3, -0.25) is 14.9 Å². The lowest BCUT2D eigenvalue weighted by Gasteiger charge is -2.31. The number of hydrogen-bond acceptors (Lipinski definition) is 7. The fourth-order valence-corrected chi connectivity index (χ4v) is 5.75. The van der Waals surface area contributed by atoms with Crippen molar-refractivity contribution in [3.63, 3.8) is 0 Å². The van der Waals surface area contributed by atoms with Crippen LogP contribution in [0, 0.1) is 10.1 Å². The van der Waals surface area contributed by atoms with Gasteiger partial charge in [0.1, 0.15) is 5.56 Å². The van der Waals surface area contributed by atoms with E-state index in [1.165, 1.54) is 29.2 Å². The van der Waals surface area contributed by atoms with Crippen molar-refractivity contribution >= 4 is 27.1 Å². The lowest BCUT2D eigenvalue weighted by atomic mass is 10.1. The van der Waals surface area contributed by atoms with Crippen LogP contribution in [0.4, 0.5) is 11.4 Å². The maximum atomic E-state index is 13.6. The van der Waals surface area contributed by atoms with E-state index in [0.717, 1.165) is 19.3 Å². The number of carbonyl (C=O) groups is 1. The minimum absolute atomic E-state index is 0.0605. The molecule has 0 saturated carbocycles. The fourth-order valence-electron chi connectivity index (χ4n) is 4.24. The number of sulfone groups is 1. The molecule has 2 fully saturated rings. The van der Waals surface area contributed by atoms with E-state index in [1.807, 2.05) is 4.90 Å². The first-order chi connectivity index (χ1) is 15.4. The van der Waals surface area contributed by atoms with Crippen molar-refractivity contribution in [3.8, 4) is 0 Å². The number of nitrogens with zero attached hydrogens (tertiary/aromatic N) is 3. The van der Waals surface area contributed by atoms with E-state index < -0.39 is 20.7 Å². The molecule has 2 saturated heterocycles. The van der Waals surface area contributed by atoms with Crippen LogP contribution < -0.4 is 10.2 Å². The highest BCUT2D eigenvalue weighted by atomic mass is 32.2. The van der Waals surface area contributed by atoms with Gasteiger partial charge in [-0.1, -0.05) is 18.2 Å². The van der Waals surface area contributed by atoms with Crippen LogP contribution >= 0.6 is 0 Å². The van der Waals surface area contributed by atoms with E-state index in [0.29, 0.717) is 39.3 Å². The van der Waals surface area contributed by atoms with Gasteiger partial charge in [0.2, 0.25) is 9.84 Å². The van der Waals surface area contributed by atoms with Gasteiger partial charge in [0.25, 0.3) is 11.6 Å². The van der Waals surface area contributed by atoms with Gasteiger partial charge in [-0.25, -0.2) is 8.42 Å². The molecule has 1 amide bonds. The average molecular weight is 459 g/mol. The van der Waals surface area contributed by atoms with Crippen LogP contribution in [-0.4, -0.2) is 63.4 Å². The summed E-state index contributed by atoms with van der Waals surface area (Å²) in [7, 11) is -4.00. The summed E-state index contributed by atoms with van der Waals surface area (Å²) in [4.78, 5) is 28.0. The number of rotatable bonds is 5. The maximum absolute atomic E-state index is 13.6. The van der Waals surface area contributed by atoms with Crippen LogP contribution in [0.5, 0.6) is 0 Å². The molecular formula is C22H26N4O5S. The van der Waals surface area contributed by atoms with Crippen LogP contribution in [0.2, 0.25) is 0 Å². The van der Waals surface area contributed by atoms with Gasteiger partial charge < -0.3 is 15.1 Å². The molecule has 0 aromatic heterocycles. The Balaban J connectivity index is 1.90. The Morgan fingerprint density at radius 1 is 0.969 bits per heavy atom. The second-order valence-corrected chi connectivity index (χ2v) is 9.92. The molecule has 4 rings (SSSR count). The predicted molar refractivity (Wildman–Crippen MR) is 120 cm³/mol. The molecule has 32 heavy (non-hydrogen) atoms. The van der Waals surface area contributed by atoms with Crippen molar-refractivity contribution < 1.29 is 18.1 Å². The molecule has 9 nitrogen and oxygen atoms in total. The number of anilines is 1. The van der Waals surface area contributed by atoms with Crippen molar-refractivity contribution in [1.29, 1.82) is 0 Å². The average Bonchev–Trinajstić information content (AvgIpc) is 2.84. The zero-order valence-electron chi connectivity index (χ0n) is 17.7. The minimum Gasteiger partial charge on any atom is -0.370 e. The van der Waals surface area contributed by atoms with Gasteiger partial charge in [0.15, 0.2) is 0 Å². The summed E-state index contributed by atoms with van der Waals surface area (Å²) >= 11 is 0. The predicted octanol–water partition coefficient (Wildman–Crippen LogP) is 2.46. The zero-order chi connectivity index (χ0) is 22.7. The van der Waals surface area contributed by atoms with E-state index in [2.05, 4.69) is 5.32 Å². The van der Waals surface area contributed by atoms with E-state index in [1.54, 1.807) is 18.2 Å². The number of piperidine rings is 1. The molecular weight excluding hydrogens is 432 g/mol. The van der Waals surface area contributed by atoms with Crippen molar-refractivity contribution in [2.75, 3.05) is 44.2 Å². The zero-order valence-corrected chi connectivity index (χ0v) is 18.5. The Hall–Kier alpha value is -2.98. The lowest BCUT2D eigenvalue weighted by molar-refractivity contribution is -0.385. The third kappa shape index (κ3) is 4.33. The molecule has 0 bridgehead atoms. The number of amides is 1. The summed E-state index contributed by atoms with van der Waals surface area (Å²) in [6.45, 7) is 3.20. The van der Waals surface area contributed by atoms with Crippen LogP contribution in [0.1, 0.15) is 29.6 Å². The third-order valence-electron chi connectivity index (χ3n) is 5.95. The smallest absolute Gasteiger partial charge is 0.284 e. The van der Waals surface area contributed by atoms with Gasteiger partial charge in [-0.2, -0.15) is 0 Å². The maximum Gasteiger partial charge on any atom is 0.284 e. The SMILES string of the molecule is O=C(c1cc(S(=O)(=O)c2ccccc2)c(N2CCCCC2)cc1[N+](=O)[O-])N1CCNCC1. The van der Waals surface area contributed by atoms with Gasteiger partial charge in [-0.15, -0.1) is 0 Å². The standard InChI is InChI=1S/C22H26N4O5S/c27-22(25-13-9-23-10-14-25)18-15-21(32(30,31)17-7-3-1-4-8-17)20(16-19(18)26(28)29)24-11-5-2-6-12-24/h1,3-4,7-8,15-16,23H,2,5-6,9-14H2. The summed E-state index contributed by atoms with van der Waals surface area (Å²) in [6.07, 6.45) is 2.78. The molecule has 0 aliphatic carbocycles. The second kappa shape index (κ2) is 9.25. The summed E-state index contributed by atoms with van der Waals surface area (Å²) in [5.74, 6) is -0.520. The fraction of sp³-hybridized carbons (Fsp3) is 0.409. The van der Waals surface area contributed by atoms with Crippen molar-refractivity contribution in [3.05, 3.63) is 58.1 Å². The summed E-state index contributed by atoms with van der Waals surface area (Å²) in [5, 5.41) is 15.1. The van der Waals surface area contributed by atoms with Gasteiger partial charge in [0.05, 0.1) is 20.4 Å². The Kier molecular flexibility index (Phi) is 6.43. The topological polar surface area (TPSA) is 113 Å². The van der Waals surface area contributed by atoms with Crippen LogP contribution in [0.25, 0.3) is 0 Å². The summed E-state index contributed by atoms with van der Waals surface area (Å²) < 4.78 is 27.2. The molecule has 2 heterocycles. The number of nitrogens with one attached hydrogen (secondary N) is 1. The number of benzene rings is 2. The summed E-state index contributed by atoms with van der Waals surface area (Å²) in [5.41, 5.74) is -0.259. The molecule has 0 spiro atoms. The van der Waals surface area contributed by atoms with E-state index in [-0.39, 0.29) is 26.7 Å². The van der Waals surface area contributed by atoms with E-state index >= 15 is 0 Å². The quantitative estimate of drug-likeness (QED) is 0.541. The molecule has 2 aliphatic heterocycles. The lowest BCUT2D eigenvalue weighted by Crippen LogP contribution is -2.46. The highest BCUT2D eigenvalue weighted by Gasteiger charge is 2.33. The first kappa shape index (κ1) is 22.2.